The second kappa shape index (κ2) is 5.28. The molecular formula is C15H10N3O2S. The minimum Gasteiger partial charge on any atom is -0.299 e. The third-order valence-corrected chi connectivity index (χ3v) is 4.99. The van der Waals surface area contributed by atoms with Gasteiger partial charge in [-0.25, -0.2) is 8.42 Å². The maximum Gasteiger partial charge on any atom is 0.209 e. The smallest absolute Gasteiger partial charge is 0.209 e. The molecule has 0 saturated carbocycles. The van der Waals surface area contributed by atoms with Crippen LogP contribution in [0.1, 0.15) is 16.7 Å². The highest BCUT2D eigenvalue weighted by Gasteiger charge is 2.24. The molecule has 0 heterocycles. The first-order valence-electron chi connectivity index (χ1n) is 5.92. The Morgan fingerprint density at radius 1 is 1.00 bits per heavy atom. The van der Waals surface area contributed by atoms with E-state index in [1.54, 1.807) is 37.3 Å². The van der Waals surface area contributed by atoms with Crippen LogP contribution in [-0.2, 0) is 9.84 Å². The van der Waals surface area contributed by atoms with E-state index in [-0.39, 0.29) is 26.6 Å². The molecular weight excluding hydrogens is 286 g/mol. The lowest BCUT2D eigenvalue weighted by molar-refractivity contribution is 0.595. The van der Waals surface area contributed by atoms with Crippen molar-refractivity contribution in [3.05, 3.63) is 53.1 Å². The molecule has 21 heavy (non-hydrogen) atoms. The number of benzene rings is 2. The van der Waals surface area contributed by atoms with E-state index in [4.69, 9.17) is 16.3 Å². The first-order valence-corrected chi connectivity index (χ1v) is 7.40. The van der Waals surface area contributed by atoms with Crippen molar-refractivity contribution in [2.75, 3.05) is 0 Å². The molecule has 0 bridgehead atoms. The summed E-state index contributed by atoms with van der Waals surface area (Å²) in [6.07, 6.45) is 0. The molecule has 0 aromatic heterocycles. The van der Waals surface area contributed by atoms with Gasteiger partial charge in [-0.15, -0.1) is 0 Å². The first kappa shape index (κ1) is 14.6. The van der Waals surface area contributed by atoms with Crippen LogP contribution in [0.2, 0.25) is 0 Å². The Morgan fingerprint density at radius 2 is 1.57 bits per heavy atom. The SMILES string of the molecule is Cc1ccccc1S(=O)(=O)c1cc(C#N)c(C#N)cc1[NH]. The summed E-state index contributed by atoms with van der Waals surface area (Å²) < 4.78 is 25.3. The number of hydrogen-bond acceptors (Lipinski definition) is 4. The van der Waals surface area contributed by atoms with Crippen molar-refractivity contribution >= 4 is 15.5 Å². The number of hydrogen-bond donors (Lipinski definition) is 0. The molecule has 0 spiro atoms. The summed E-state index contributed by atoms with van der Waals surface area (Å²) in [7, 11) is -3.91. The first-order chi connectivity index (χ1) is 9.91. The van der Waals surface area contributed by atoms with Gasteiger partial charge < -0.3 is 0 Å². The zero-order valence-electron chi connectivity index (χ0n) is 11.1. The normalized spacial score (nSPS) is 10.6. The molecule has 1 radical (unpaired) electrons. The van der Waals surface area contributed by atoms with Crippen LogP contribution in [0.3, 0.4) is 0 Å². The Morgan fingerprint density at radius 3 is 2.14 bits per heavy atom. The molecule has 6 heteroatoms. The number of nitrogens with one attached hydrogen (secondary N) is 1. The monoisotopic (exact) mass is 296 g/mol. The highest BCUT2D eigenvalue weighted by molar-refractivity contribution is 7.91. The van der Waals surface area contributed by atoms with Crippen molar-refractivity contribution < 1.29 is 8.42 Å². The summed E-state index contributed by atoms with van der Waals surface area (Å²) in [6, 6.07) is 12.2. The zero-order valence-corrected chi connectivity index (χ0v) is 11.9. The molecule has 2 rings (SSSR count). The van der Waals surface area contributed by atoms with Gasteiger partial charge in [0.15, 0.2) is 0 Å². The molecule has 0 atom stereocenters. The second-order valence-electron chi connectivity index (χ2n) is 4.39. The van der Waals surface area contributed by atoms with Gasteiger partial charge in [0.05, 0.1) is 26.6 Å². The van der Waals surface area contributed by atoms with Crippen molar-refractivity contribution in [2.24, 2.45) is 0 Å². The number of nitrogens with zero attached hydrogens (tertiary/aromatic N) is 2. The van der Waals surface area contributed by atoms with Crippen LogP contribution >= 0.6 is 0 Å². The quantitative estimate of drug-likeness (QED) is 0.848. The third-order valence-electron chi connectivity index (χ3n) is 3.03. The van der Waals surface area contributed by atoms with Gasteiger partial charge in [-0.3, -0.25) is 5.73 Å². The van der Waals surface area contributed by atoms with Gasteiger partial charge in [0.25, 0.3) is 0 Å². The molecule has 0 aliphatic rings. The molecule has 0 aliphatic carbocycles. The Balaban J connectivity index is 2.76. The largest absolute Gasteiger partial charge is 0.299 e. The molecule has 5 nitrogen and oxygen atoms in total. The maximum atomic E-state index is 12.6. The molecule has 103 valence electrons. The minimum absolute atomic E-state index is 0.00812. The highest BCUT2D eigenvalue weighted by atomic mass is 32.2. The van der Waals surface area contributed by atoms with Crippen LogP contribution in [0.15, 0.2) is 46.2 Å². The fourth-order valence-corrected chi connectivity index (χ4v) is 3.57. The van der Waals surface area contributed by atoms with Crippen LogP contribution in [0, 0.1) is 29.6 Å². The number of nitriles is 2. The predicted octanol–water partition coefficient (Wildman–Crippen LogP) is 2.49. The van der Waals surface area contributed by atoms with Gasteiger partial charge >= 0.3 is 0 Å². The van der Waals surface area contributed by atoms with Gasteiger partial charge in [0, 0.05) is 0 Å². The molecule has 0 saturated heterocycles. The summed E-state index contributed by atoms with van der Waals surface area (Å²) in [4.78, 5) is -0.181. The van der Waals surface area contributed by atoms with Crippen molar-refractivity contribution in [1.82, 2.24) is 5.73 Å². The lowest BCUT2D eigenvalue weighted by Crippen LogP contribution is -2.06. The van der Waals surface area contributed by atoms with Crippen LogP contribution in [0.4, 0.5) is 5.69 Å². The average molecular weight is 296 g/mol. The van der Waals surface area contributed by atoms with E-state index in [1.165, 1.54) is 6.07 Å². The van der Waals surface area contributed by atoms with E-state index in [2.05, 4.69) is 0 Å². The molecule has 0 fully saturated rings. The van der Waals surface area contributed by atoms with Crippen LogP contribution in [0.5, 0.6) is 0 Å². The molecule has 2 aromatic rings. The van der Waals surface area contributed by atoms with Gasteiger partial charge in [0.1, 0.15) is 12.1 Å². The Hall–Kier alpha value is -2.83. The summed E-state index contributed by atoms with van der Waals surface area (Å²) in [5.41, 5.74) is 8.02. The summed E-state index contributed by atoms with van der Waals surface area (Å²) in [5.74, 6) is 0. The lowest BCUT2D eigenvalue weighted by Gasteiger charge is -2.10. The molecule has 0 unspecified atom stereocenters. The maximum absolute atomic E-state index is 12.6. The Kier molecular flexibility index (Phi) is 3.66. The Bertz CT molecular complexity index is 903. The topological polar surface area (TPSA) is 106 Å². The summed E-state index contributed by atoms with van der Waals surface area (Å²) in [5, 5.41) is 17.9. The van der Waals surface area contributed by atoms with Crippen LogP contribution in [0.25, 0.3) is 0 Å². The zero-order chi connectivity index (χ0) is 15.6. The van der Waals surface area contributed by atoms with Gasteiger partial charge in [-0.2, -0.15) is 10.5 Å². The van der Waals surface area contributed by atoms with Crippen LogP contribution in [-0.4, -0.2) is 8.42 Å². The van der Waals surface area contributed by atoms with E-state index in [0.29, 0.717) is 5.56 Å². The van der Waals surface area contributed by atoms with Crippen LogP contribution < -0.4 is 5.73 Å². The van der Waals surface area contributed by atoms with E-state index >= 15 is 0 Å². The molecule has 2 aromatic carbocycles. The van der Waals surface area contributed by atoms with Gasteiger partial charge in [-0.1, -0.05) is 18.2 Å². The summed E-state index contributed by atoms with van der Waals surface area (Å²) in [6.45, 7) is 1.66. The van der Waals surface area contributed by atoms with E-state index in [1.807, 2.05) is 0 Å². The van der Waals surface area contributed by atoms with E-state index in [9.17, 15) is 8.42 Å². The fourth-order valence-electron chi connectivity index (χ4n) is 1.96. The van der Waals surface area contributed by atoms with Gasteiger partial charge in [-0.05, 0) is 30.7 Å². The summed E-state index contributed by atoms with van der Waals surface area (Å²) >= 11 is 0. The van der Waals surface area contributed by atoms with Gasteiger partial charge in [0.2, 0.25) is 9.84 Å². The van der Waals surface area contributed by atoms with E-state index in [0.717, 1.165) is 12.1 Å². The standard InChI is InChI=1S/C15H10N3O2S/c1-10-4-2-3-5-14(10)21(19,20)15-7-12(9-17)11(8-16)6-13(15)18/h2-7,18H,1H3. The molecule has 0 amide bonds. The second-order valence-corrected chi connectivity index (χ2v) is 6.27. The molecule has 0 aliphatic heterocycles. The third kappa shape index (κ3) is 2.45. The predicted molar refractivity (Wildman–Crippen MR) is 75.3 cm³/mol. The fraction of sp³-hybridized carbons (Fsp3) is 0.0667. The number of sulfone groups is 1. The number of aryl methyl sites for hydroxylation is 1. The van der Waals surface area contributed by atoms with Crippen molar-refractivity contribution in [1.29, 1.82) is 10.5 Å². The van der Waals surface area contributed by atoms with Crippen molar-refractivity contribution in [2.45, 2.75) is 16.7 Å². The van der Waals surface area contributed by atoms with Crippen molar-refractivity contribution in [3.63, 3.8) is 0 Å². The average Bonchev–Trinajstić information content (AvgIpc) is 2.46. The van der Waals surface area contributed by atoms with E-state index < -0.39 is 9.84 Å². The lowest BCUT2D eigenvalue weighted by atomic mass is 10.1. The molecule has 1 N–H and O–H groups in total. The van der Waals surface area contributed by atoms with Crippen molar-refractivity contribution in [3.8, 4) is 12.1 Å². The Labute approximate surface area is 122 Å². The highest BCUT2D eigenvalue weighted by Crippen LogP contribution is 2.30. The number of rotatable bonds is 2. The minimum atomic E-state index is -3.91.